The maximum Gasteiger partial charge on any atom is 0.370 e. The monoisotopic (exact) mass is 234 g/mol. The molecule has 0 aromatic rings. The Morgan fingerprint density at radius 2 is 1.88 bits per heavy atom. The summed E-state index contributed by atoms with van der Waals surface area (Å²) in [5.74, 6) is -3.59. The van der Waals surface area contributed by atoms with Crippen molar-refractivity contribution in [2.75, 3.05) is 0 Å². The predicted octanol–water partition coefficient (Wildman–Crippen LogP) is -0.843. The Kier molecular flexibility index (Phi) is 3.31. The molecule has 0 unspecified atom stereocenters. The Labute approximate surface area is 93.8 Å². The Morgan fingerprint density at radius 1 is 1.38 bits per heavy atom. The zero-order valence-corrected chi connectivity index (χ0v) is 9.80. The molecule has 0 bridgehead atoms. The average Bonchev–Trinajstić information content (AvgIpc) is 2.29. The third-order valence-corrected chi connectivity index (χ3v) is 2.26. The SMILES string of the molecule is C[C@H]1O[C@@](O)(C(=O)OC(C)(C)C)[C@H](O)[C@H]1O. The minimum absolute atomic E-state index is 0.813. The number of ether oxygens (including phenoxy) is 2. The Bertz CT molecular complexity index is 284. The highest BCUT2D eigenvalue weighted by Crippen LogP contribution is 2.31. The van der Waals surface area contributed by atoms with Crippen molar-refractivity contribution < 1.29 is 29.6 Å². The molecule has 1 aliphatic heterocycles. The molecule has 4 atom stereocenters. The van der Waals surface area contributed by atoms with Gasteiger partial charge in [0.05, 0.1) is 6.10 Å². The van der Waals surface area contributed by atoms with Gasteiger partial charge in [-0.1, -0.05) is 0 Å². The minimum Gasteiger partial charge on any atom is -0.456 e. The fraction of sp³-hybridized carbons (Fsp3) is 0.900. The topological polar surface area (TPSA) is 96.2 Å². The molecule has 94 valence electrons. The van der Waals surface area contributed by atoms with Crippen LogP contribution in [0.1, 0.15) is 27.7 Å². The molecule has 1 heterocycles. The molecule has 6 nitrogen and oxygen atoms in total. The molecular weight excluding hydrogens is 216 g/mol. The molecule has 0 radical (unpaired) electrons. The van der Waals surface area contributed by atoms with Gasteiger partial charge in [-0.15, -0.1) is 0 Å². The van der Waals surface area contributed by atoms with E-state index in [1.54, 1.807) is 20.8 Å². The summed E-state index contributed by atoms with van der Waals surface area (Å²) in [7, 11) is 0. The van der Waals surface area contributed by atoms with Crippen LogP contribution in [0, 0.1) is 0 Å². The Balaban J connectivity index is 2.83. The van der Waals surface area contributed by atoms with Crippen molar-refractivity contribution in [1.82, 2.24) is 0 Å². The van der Waals surface area contributed by atoms with Crippen molar-refractivity contribution in [2.24, 2.45) is 0 Å². The summed E-state index contributed by atoms with van der Waals surface area (Å²) in [5.41, 5.74) is -0.813. The van der Waals surface area contributed by atoms with Gasteiger partial charge in [-0.3, -0.25) is 0 Å². The summed E-state index contributed by atoms with van der Waals surface area (Å²) in [6.07, 6.45) is -3.87. The van der Waals surface area contributed by atoms with Crippen molar-refractivity contribution in [3.63, 3.8) is 0 Å². The lowest BCUT2D eigenvalue weighted by Gasteiger charge is -2.28. The first-order valence-corrected chi connectivity index (χ1v) is 5.07. The molecule has 1 rings (SSSR count). The average molecular weight is 234 g/mol. The number of carbonyl (C=O) groups excluding carboxylic acids is 1. The van der Waals surface area contributed by atoms with Gasteiger partial charge in [0.25, 0.3) is 5.79 Å². The molecule has 0 saturated carbocycles. The molecule has 16 heavy (non-hydrogen) atoms. The number of hydrogen-bond acceptors (Lipinski definition) is 6. The highest BCUT2D eigenvalue weighted by Gasteiger charge is 2.58. The van der Waals surface area contributed by atoms with Gasteiger partial charge >= 0.3 is 5.97 Å². The zero-order valence-electron chi connectivity index (χ0n) is 9.80. The molecule has 6 heteroatoms. The van der Waals surface area contributed by atoms with Crippen LogP contribution in [0.3, 0.4) is 0 Å². The first-order valence-electron chi connectivity index (χ1n) is 5.07. The second-order valence-corrected chi connectivity index (χ2v) is 4.96. The number of carbonyl (C=O) groups is 1. The van der Waals surface area contributed by atoms with E-state index in [9.17, 15) is 20.1 Å². The Morgan fingerprint density at radius 3 is 2.19 bits per heavy atom. The molecule has 1 fully saturated rings. The van der Waals surface area contributed by atoms with Gasteiger partial charge in [0.2, 0.25) is 0 Å². The van der Waals surface area contributed by atoms with E-state index in [1.165, 1.54) is 6.92 Å². The zero-order chi connectivity index (χ0) is 12.7. The van der Waals surface area contributed by atoms with Crippen LogP contribution in [-0.2, 0) is 14.3 Å². The minimum atomic E-state index is -2.49. The number of hydrogen-bond donors (Lipinski definition) is 3. The van der Waals surface area contributed by atoms with Crippen LogP contribution in [0.5, 0.6) is 0 Å². The van der Waals surface area contributed by atoms with E-state index < -0.39 is 35.7 Å². The molecule has 0 aromatic heterocycles. The van der Waals surface area contributed by atoms with Crippen LogP contribution >= 0.6 is 0 Å². The van der Waals surface area contributed by atoms with Gasteiger partial charge in [0, 0.05) is 0 Å². The van der Waals surface area contributed by atoms with Gasteiger partial charge < -0.3 is 24.8 Å². The van der Waals surface area contributed by atoms with Crippen LogP contribution in [-0.4, -0.2) is 51.0 Å². The summed E-state index contributed by atoms with van der Waals surface area (Å²) < 4.78 is 9.77. The highest BCUT2D eigenvalue weighted by molar-refractivity contribution is 5.79. The summed E-state index contributed by atoms with van der Waals surface area (Å²) in [5, 5.41) is 28.8. The Hall–Kier alpha value is -0.690. The fourth-order valence-corrected chi connectivity index (χ4v) is 1.43. The molecule has 3 N–H and O–H groups in total. The quantitative estimate of drug-likeness (QED) is 0.512. The third-order valence-electron chi connectivity index (χ3n) is 2.26. The second-order valence-electron chi connectivity index (χ2n) is 4.96. The first-order chi connectivity index (χ1) is 7.08. The normalized spacial score (nSPS) is 39.8. The van der Waals surface area contributed by atoms with Crippen LogP contribution in [0.15, 0.2) is 0 Å². The summed E-state index contributed by atoms with van der Waals surface area (Å²) >= 11 is 0. The van der Waals surface area contributed by atoms with E-state index in [-0.39, 0.29) is 0 Å². The maximum absolute atomic E-state index is 11.6. The molecule has 1 saturated heterocycles. The van der Waals surface area contributed by atoms with Crippen LogP contribution in [0.25, 0.3) is 0 Å². The largest absolute Gasteiger partial charge is 0.456 e. The van der Waals surface area contributed by atoms with Crippen molar-refractivity contribution in [3.05, 3.63) is 0 Å². The lowest BCUT2D eigenvalue weighted by Crippen LogP contribution is -2.52. The smallest absolute Gasteiger partial charge is 0.370 e. The molecule has 0 aliphatic carbocycles. The van der Waals surface area contributed by atoms with Crippen molar-refractivity contribution in [3.8, 4) is 0 Å². The number of esters is 1. The van der Waals surface area contributed by atoms with Crippen molar-refractivity contribution >= 4 is 5.97 Å². The van der Waals surface area contributed by atoms with Crippen LogP contribution in [0.4, 0.5) is 0 Å². The van der Waals surface area contributed by atoms with E-state index in [0.29, 0.717) is 0 Å². The standard InChI is InChI=1S/C10H18O6/c1-5-6(11)7(12)10(14,15-5)8(13)16-9(2,3)4/h5-7,11-12,14H,1-4H3/t5-,6+,7-,10-/m1/s1. The van der Waals surface area contributed by atoms with E-state index >= 15 is 0 Å². The molecule has 1 aliphatic rings. The summed E-state index contributed by atoms with van der Waals surface area (Å²) in [6, 6.07) is 0. The summed E-state index contributed by atoms with van der Waals surface area (Å²) in [6.45, 7) is 6.30. The van der Waals surface area contributed by atoms with Crippen molar-refractivity contribution in [2.45, 2.75) is 57.4 Å². The lowest BCUT2D eigenvalue weighted by molar-refractivity contribution is -0.248. The second kappa shape index (κ2) is 3.96. The van der Waals surface area contributed by atoms with Gasteiger partial charge in [0.1, 0.15) is 17.8 Å². The predicted molar refractivity (Wildman–Crippen MR) is 53.4 cm³/mol. The van der Waals surface area contributed by atoms with E-state index in [2.05, 4.69) is 0 Å². The first kappa shape index (κ1) is 13.4. The molecular formula is C10H18O6. The molecule has 0 aromatic carbocycles. The fourth-order valence-electron chi connectivity index (χ4n) is 1.43. The third kappa shape index (κ3) is 2.35. The maximum atomic E-state index is 11.6. The van der Waals surface area contributed by atoms with Gasteiger partial charge in [0.15, 0.2) is 0 Å². The lowest BCUT2D eigenvalue weighted by atomic mass is 10.1. The molecule has 0 amide bonds. The van der Waals surface area contributed by atoms with E-state index in [4.69, 9.17) is 9.47 Å². The number of rotatable bonds is 1. The van der Waals surface area contributed by atoms with Gasteiger partial charge in [-0.05, 0) is 27.7 Å². The molecule has 0 spiro atoms. The number of aliphatic hydroxyl groups is 3. The highest BCUT2D eigenvalue weighted by atomic mass is 16.7. The van der Waals surface area contributed by atoms with Gasteiger partial charge in [-0.25, -0.2) is 4.79 Å². The van der Waals surface area contributed by atoms with E-state index in [1.807, 2.05) is 0 Å². The number of aliphatic hydroxyl groups excluding tert-OH is 2. The summed E-state index contributed by atoms with van der Waals surface area (Å²) in [4.78, 5) is 11.6. The van der Waals surface area contributed by atoms with Crippen LogP contribution in [0.2, 0.25) is 0 Å². The van der Waals surface area contributed by atoms with Crippen molar-refractivity contribution in [1.29, 1.82) is 0 Å². The van der Waals surface area contributed by atoms with Gasteiger partial charge in [-0.2, -0.15) is 0 Å². The van der Waals surface area contributed by atoms with E-state index in [0.717, 1.165) is 0 Å². The van der Waals surface area contributed by atoms with Crippen LogP contribution < -0.4 is 0 Å².